The molecule has 5 heteroatoms. The minimum Gasteiger partial charge on any atom is -0.396 e. The quantitative estimate of drug-likeness (QED) is 0.865. The molecule has 0 spiro atoms. The zero-order valence-electron chi connectivity index (χ0n) is 12.2. The lowest BCUT2D eigenvalue weighted by molar-refractivity contribution is -0.137. The predicted octanol–water partition coefficient (Wildman–Crippen LogP) is 3.61. The van der Waals surface area contributed by atoms with Crippen LogP contribution in [0.15, 0.2) is 18.2 Å². The van der Waals surface area contributed by atoms with Crippen LogP contribution in [-0.4, -0.2) is 29.2 Å². The number of hydrogen-bond acceptors (Lipinski definition) is 2. The summed E-state index contributed by atoms with van der Waals surface area (Å²) >= 11 is 0. The first kappa shape index (κ1) is 17.0. The third kappa shape index (κ3) is 4.49. The van der Waals surface area contributed by atoms with E-state index in [2.05, 4.69) is 4.90 Å². The minimum atomic E-state index is -4.31. The van der Waals surface area contributed by atoms with Crippen molar-refractivity contribution < 1.29 is 18.3 Å². The third-order valence-corrected chi connectivity index (χ3v) is 3.63. The van der Waals surface area contributed by atoms with Crippen molar-refractivity contribution >= 4 is 0 Å². The van der Waals surface area contributed by atoms with Crippen LogP contribution in [0.25, 0.3) is 0 Å². The summed E-state index contributed by atoms with van der Waals surface area (Å²) in [6.07, 6.45) is -3.69. The molecule has 0 fully saturated rings. The van der Waals surface area contributed by atoms with Crippen molar-refractivity contribution in [1.82, 2.24) is 4.90 Å². The maximum Gasteiger partial charge on any atom is 0.416 e. The third-order valence-electron chi connectivity index (χ3n) is 3.63. The van der Waals surface area contributed by atoms with E-state index < -0.39 is 11.7 Å². The van der Waals surface area contributed by atoms with Gasteiger partial charge in [-0.25, -0.2) is 0 Å². The molecule has 0 unspecified atom stereocenters. The van der Waals surface area contributed by atoms with E-state index in [1.165, 1.54) is 12.1 Å². The molecule has 0 radical (unpaired) electrons. The summed E-state index contributed by atoms with van der Waals surface area (Å²) in [5.41, 5.74) is 0.933. The highest BCUT2D eigenvalue weighted by atomic mass is 19.4. The van der Waals surface area contributed by atoms with Crippen LogP contribution < -0.4 is 0 Å². The number of aliphatic hydroxyl groups is 1. The Balaban J connectivity index is 2.95. The zero-order chi connectivity index (χ0) is 15.3. The van der Waals surface area contributed by atoms with Crippen molar-refractivity contribution in [3.63, 3.8) is 0 Å². The lowest BCUT2D eigenvalue weighted by Crippen LogP contribution is -2.33. The van der Waals surface area contributed by atoms with Crippen LogP contribution in [0.4, 0.5) is 13.2 Å². The van der Waals surface area contributed by atoms with E-state index in [0.29, 0.717) is 18.5 Å². The summed E-state index contributed by atoms with van der Waals surface area (Å²) in [6.45, 7) is 7.04. The molecule has 1 aromatic carbocycles. The fourth-order valence-electron chi connectivity index (χ4n) is 2.19. The lowest BCUT2D eigenvalue weighted by Gasteiger charge is -2.28. The maximum absolute atomic E-state index is 12.8. The van der Waals surface area contributed by atoms with Crippen molar-refractivity contribution in [1.29, 1.82) is 0 Å². The smallest absolute Gasteiger partial charge is 0.396 e. The number of rotatable bonds is 6. The van der Waals surface area contributed by atoms with Gasteiger partial charge in [-0.15, -0.1) is 0 Å². The van der Waals surface area contributed by atoms with Gasteiger partial charge in [0.15, 0.2) is 0 Å². The monoisotopic (exact) mass is 289 g/mol. The van der Waals surface area contributed by atoms with E-state index in [1.807, 2.05) is 20.8 Å². The first-order valence-electron chi connectivity index (χ1n) is 6.81. The number of benzene rings is 1. The minimum absolute atomic E-state index is 0.0826. The predicted molar refractivity (Wildman–Crippen MR) is 73.4 cm³/mol. The number of aryl methyl sites for hydroxylation is 1. The molecule has 2 nitrogen and oxygen atoms in total. The second-order valence-corrected chi connectivity index (χ2v) is 5.06. The van der Waals surface area contributed by atoms with Gasteiger partial charge in [0.1, 0.15) is 0 Å². The van der Waals surface area contributed by atoms with Crippen molar-refractivity contribution in [3.05, 3.63) is 34.9 Å². The summed E-state index contributed by atoms with van der Waals surface area (Å²) in [7, 11) is 0. The number of alkyl halides is 3. The molecule has 0 aliphatic rings. The van der Waals surface area contributed by atoms with Crippen molar-refractivity contribution in [2.75, 3.05) is 13.2 Å². The van der Waals surface area contributed by atoms with Gasteiger partial charge in [-0.05, 0) is 50.1 Å². The number of nitrogens with zero attached hydrogens (tertiary/aromatic N) is 1. The summed E-state index contributed by atoms with van der Waals surface area (Å²) in [5.74, 6) is 0. The molecule has 114 valence electrons. The second-order valence-electron chi connectivity index (χ2n) is 5.06. The number of aliphatic hydroxyl groups excluding tert-OH is 1. The second kappa shape index (κ2) is 7.09. The highest BCUT2D eigenvalue weighted by Gasteiger charge is 2.30. The summed E-state index contributed by atoms with van der Waals surface area (Å²) in [6, 6.07) is 4.00. The largest absolute Gasteiger partial charge is 0.416 e. The van der Waals surface area contributed by atoms with E-state index in [-0.39, 0.29) is 12.6 Å². The van der Waals surface area contributed by atoms with Crippen LogP contribution >= 0.6 is 0 Å². The van der Waals surface area contributed by atoms with Crippen LogP contribution in [0.2, 0.25) is 0 Å². The summed E-state index contributed by atoms with van der Waals surface area (Å²) in [5, 5.41) is 8.98. The van der Waals surface area contributed by atoms with Gasteiger partial charge in [0.2, 0.25) is 0 Å². The normalized spacial score (nSPS) is 13.8. The van der Waals surface area contributed by atoms with Crippen LogP contribution in [0, 0.1) is 6.92 Å². The van der Waals surface area contributed by atoms with Gasteiger partial charge >= 0.3 is 6.18 Å². The molecule has 0 aliphatic heterocycles. The van der Waals surface area contributed by atoms with E-state index in [1.54, 1.807) is 0 Å². The molecule has 1 N–H and O–H groups in total. The fourth-order valence-corrected chi connectivity index (χ4v) is 2.19. The van der Waals surface area contributed by atoms with Crippen molar-refractivity contribution in [2.24, 2.45) is 0 Å². The van der Waals surface area contributed by atoms with Gasteiger partial charge in [0.05, 0.1) is 5.56 Å². The van der Waals surface area contributed by atoms with E-state index in [0.717, 1.165) is 18.2 Å². The van der Waals surface area contributed by atoms with Gasteiger partial charge in [0, 0.05) is 19.2 Å². The fraction of sp³-hybridized carbons (Fsp3) is 0.600. The Kier molecular flexibility index (Phi) is 6.02. The molecule has 1 aromatic rings. The molecule has 0 aromatic heterocycles. The molecule has 0 heterocycles. The van der Waals surface area contributed by atoms with Crippen LogP contribution in [0.5, 0.6) is 0 Å². The maximum atomic E-state index is 12.8. The van der Waals surface area contributed by atoms with Gasteiger partial charge in [-0.2, -0.15) is 13.2 Å². The Bertz CT molecular complexity index is 432. The standard InChI is InChI=1S/C15H22F3NO/c1-4-19(12(3)7-8-20)10-13-9-14(15(16,17)18)6-5-11(13)2/h5-6,9,12,20H,4,7-8,10H2,1-3H3/t12-/m0/s1. The molecule has 0 aliphatic carbocycles. The average Bonchev–Trinajstić information content (AvgIpc) is 2.36. The van der Waals surface area contributed by atoms with Crippen molar-refractivity contribution in [2.45, 2.75) is 46.0 Å². The molecular weight excluding hydrogens is 267 g/mol. The molecule has 0 saturated carbocycles. The summed E-state index contributed by atoms with van der Waals surface area (Å²) < 4.78 is 38.3. The van der Waals surface area contributed by atoms with Crippen LogP contribution in [-0.2, 0) is 12.7 Å². The zero-order valence-corrected chi connectivity index (χ0v) is 12.2. The van der Waals surface area contributed by atoms with Gasteiger partial charge < -0.3 is 5.11 Å². The first-order chi connectivity index (χ1) is 9.29. The molecule has 0 saturated heterocycles. The highest BCUT2D eigenvalue weighted by Crippen LogP contribution is 2.31. The van der Waals surface area contributed by atoms with Crippen LogP contribution in [0.3, 0.4) is 0 Å². The van der Waals surface area contributed by atoms with E-state index in [9.17, 15) is 13.2 Å². The topological polar surface area (TPSA) is 23.5 Å². The lowest BCUT2D eigenvalue weighted by atomic mass is 10.0. The van der Waals surface area contributed by atoms with E-state index in [4.69, 9.17) is 5.11 Å². The van der Waals surface area contributed by atoms with Crippen molar-refractivity contribution in [3.8, 4) is 0 Å². The SMILES string of the molecule is CCN(Cc1cc(C(F)(F)F)ccc1C)[C@@H](C)CCO. The first-order valence-corrected chi connectivity index (χ1v) is 6.81. The molecular formula is C15H22F3NO. The Morgan fingerprint density at radius 2 is 1.95 bits per heavy atom. The van der Waals surface area contributed by atoms with Crippen LogP contribution in [0.1, 0.15) is 37.0 Å². The Morgan fingerprint density at radius 1 is 1.30 bits per heavy atom. The Morgan fingerprint density at radius 3 is 2.45 bits per heavy atom. The number of halogens is 3. The Labute approximate surface area is 118 Å². The molecule has 20 heavy (non-hydrogen) atoms. The van der Waals surface area contributed by atoms with Gasteiger partial charge in [-0.3, -0.25) is 4.90 Å². The molecule has 1 rings (SSSR count). The Hall–Kier alpha value is -1.07. The highest BCUT2D eigenvalue weighted by molar-refractivity contribution is 5.32. The summed E-state index contributed by atoms with van der Waals surface area (Å²) in [4.78, 5) is 2.07. The molecule has 1 atom stereocenters. The van der Waals surface area contributed by atoms with Gasteiger partial charge in [-0.1, -0.05) is 13.0 Å². The molecule has 0 amide bonds. The number of hydrogen-bond donors (Lipinski definition) is 1. The van der Waals surface area contributed by atoms with Gasteiger partial charge in [0.25, 0.3) is 0 Å². The average molecular weight is 289 g/mol. The molecule has 0 bridgehead atoms. The van der Waals surface area contributed by atoms with E-state index >= 15 is 0 Å².